The minimum atomic E-state index is -0.315. The highest BCUT2D eigenvalue weighted by atomic mass is 16.6. The van der Waals surface area contributed by atoms with Gasteiger partial charge in [-0.3, -0.25) is 4.79 Å². The monoisotopic (exact) mass is 140 g/mol. The molecule has 1 aliphatic heterocycles. The average Bonchev–Trinajstić information content (AvgIpc) is 1.88. The molecule has 0 aliphatic carbocycles. The Morgan fingerprint density at radius 2 is 2.60 bits per heavy atom. The number of ether oxygens (including phenoxy) is 2. The second-order valence-electron chi connectivity index (χ2n) is 1.87. The smallest absolute Gasteiger partial charge is 0.307 e. The third-order valence-corrected chi connectivity index (χ3v) is 0.957. The van der Waals surface area contributed by atoms with Gasteiger partial charge in [0.2, 0.25) is 0 Å². The van der Waals surface area contributed by atoms with Crippen LogP contribution in [0.4, 0.5) is 0 Å². The average molecular weight is 140 g/mol. The van der Waals surface area contributed by atoms with E-state index < -0.39 is 0 Å². The number of esters is 1. The lowest BCUT2D eigenvalue weighted by Gasteiger charge is -2.08. The minimum absolute atomic E-state index is 0.315. The number of hydrogen-bond donors (Lipinski definition) is 0. The molecule has 0 aromatic carbocycles. The van der Waals surface area contributed by atoms with Gasteiger partial charge in [0.05, 0.1) is 6.26 Å². The van der Waals surface area contributed by atoms with Gasteiger partial charge in [-0.05, 0) is 12.2 Å². The first kappa shape index (κ1) is 6.86. The lowest BCUT2D eigenvalue weighted by molar-refractivity contribution is -0.137. The molecule has 0 amide bonds. The second kappa shape index (κ2) is 3.06. The van der Waals surface area contributed by atoms with E-state index in [0.717, 1.165) is 0 Å². The highest BCUT2D eigenvalue weighted by Gasteiger charge is 2.02. The molecule has 0 radical (unpaired) electrons. The summed E-state index contributed by atoms with van der Waals surface area (Å²) >= 11 is 0. The molecule has 1 rings (SSSR count). The maximum absolute atomic E-state index is 10.4. The van der Waals surface area contributed by atoms with Gasteiger partial charge in [-0.1, -0.05) is 0 Å². The summed E-state index contributed by atoms with van der Waals surface area (Å²) in [5.74, 6) is 0.236. The number of carbonyl (C=O) groups is 1. The van der Waals surface area contributed by atoms with Crippen LogP contribution in [0.1, 0.15) is 6.92 Å². The lowest BCUT2D eigenvalue weighted by atomic mass is 10.4. The third kappa shape index (κ3) is 1.93. The van der Waals surface area contributed by atoms with Crippen molar-refractivity contribution in [3.05, 3.63) is 24.2 Å². The Balaban J connectivity index is 2.47. The second-order valence-corrected chi connectivity index (χ2v) is 1.87. The quantitative estimate of drug-likeness (QED) is 0.509. The molecule has 0 atom stereocenters. The first-order chi connectivity index (χ1) is 4.79. The van der Waals surface area contributed by atoms with Gasteiger partial charge in [0.25, 0.3) is 0 Å². The largest absolute Gasteiger partial charge is 0.493 e. The van der Waals surface area contributed by atoms with Gasteiger partial charge >= 0.3 is 5.97 Å². The molecule has 0 N–H and O–H groups in total. The van der Waals surface area contributed by atoms with Gasteiger partial charge in [-0.2, -0.15) is 0 Å². The van der Waals surface area contributed by atoms with Crippen molar-refractivity contribution in [1.82, 2.24) is 0 Å². The van der Waals surface area contributed by atoms with Crippen LogP contribution in [0.2, 0.25) is 0 Å². The van der Waals surface area contributed by atoms with Crippen LogP contribution in [-0.2, 0) is 14.3 Å². The van der Waals surface area contributed by atoms with Crippen LogP contribution >= 0.6 is 0 Å². The van der Waals surface area contributed by atoms with Crippen LogP contribution in [0.3, 0.4) is 0 Å². The van der Waals surface area contributed by atoms with Crippen molar-refractivity contribution >= 4 is 5.97 Å². The molecular formula is C7H8O3. The van der Waals surface area contributed by atoms with Gasteiger partial charge in [0.1, 0.15) is 12.4 Å². The molecule has 0 aromatic rings. The van der Waals surface area contributed by atoms with E-state index in [1.807, 2.05) is 0 Å². The minimum Gasteiger partial charge on any atom is -0.493 e. The van der Waals surface area contributed by atoms with Gasteiger partial charge in [-0.15, -0.1) is 0 Å². The summed E-state index contributed by atoms with van der Waals surface area (Å²) < 4.78 is 9.59. The van der Waals surface area contributed by atoms with Crippen molar-refractivity contribution in [2.24, 2.45) is 0 Å². The summed E-state index contributed by atoms with van der Waals surface area (Å²) in [6.07, 6.45) is 4.93. The van der Waals surface area contributed by atoms with Crippen LogP contribution < -0.4 is 0 Å². The fourth-order valence-electron chi connectivity index (χ4n) is 0.629. The molecule has 10 heavy (non-hydrogen) atoms. The standard InChI is InChI=1S/C7H8O3/c1-6(8)10-7-3-2-4-9-5-7/h2-4H,5H2,1H3. The molecule has 0 aromatic heterocycles. The van der Waals surface area contributed by atoms with Crippen molar-refractivity contribution in [2.45, 2.75) is 6.92 Å². The van der Waals surface area contributed by atoms with Crippen molar-refractivity contribution in [3.8, 4) is 0 Å². The Labute approximate surface area is 58.9 Å². The first-order valence-electron chi connectivity index (χ1n) is 2.95. The number of allylic oxidation sites excluding steroid dienone is 2. The Bertz CT molecular complexity index is 191. The fraction of sp³-hybridized carbons (Fsp3) is 0.286. The summed E-state index contributed by atoms with van der Waals surface area (Å²) in [6, 6.07) is 0. The summed E-state index contributed by atoms with van der Waals surface area (Å²) in [4.78, 5) is 10.4. The summed E-state index contributed by atoms with van der Waals surface area (Å²) in [6.45, 7) is 1.70. The first-order valence-corrected chi connectivity index (χ1v) is 2.95. The van der Waals surface area contributed by atoms with E-state index in [2.05, 4.69) is 0 Å². The summed E-state index contributed by atoms with van der Waals surface area (Å²) in [5.41, 5.74) is 0. The molecule has 54 valence electrons. The van der Waals surface area contributed by atoms with Gasteiger partial charge in [0, 0.05) is 6.92 Å². The maximum Gasteiger partial charge on any atom is 0.307 e. The zero-order valence-electron chi connectivity index (χ0n) is 5.66. The molecular weight excluding hydrogens is 132 g/mol. The van der Waals surface area contributed by atoms with Gasteiger partial charge in [0.15, 0.2) is 0 Å². The molecule has 0 spiro atoms. The Morgan fingerprint density at radius 3 is 3.10 bits per heavy atom. The van der Waals surface area contributed by atoms with Crippen LogP contribution in [0, 0.1) is 0 Å². The van der Waals surface area contributed by atoms with E-state index in [4.69, 9.17) is 9.47 Å². The van der Waals surface area contributed by atoms with Crippen LogP contribution in [0.25, 0.3) is 0 Å². The van der Waals surface area contributed by atoms with Crippen molar-refractivity contribution < 1.29 is 14.3 Å². The van der Waals surface area contributed by atoms with Gasteiger partial charge < -0.3 is 9.47 Å². The van der Waals surface area contributed by atoms with E-state index in [0.29, 0.717) is 12.4 Å². The third-order valence-electron chi connectivity index (χ3n) is 0.957. The number of hydrogen-bond acceptors (Lipinski definition) is 3. The predicted molar refractivity (Wildman–Crippen MR) is 34.9 cm³/mol. The highest BCUT2D eigenvalue weighted by Crippen LogP contribution is 2.04. The summed E-state index contributed by atoms with van der Waals surface area (Å²) in [5, 5.41) is 0. The SMILES string of the molecule is CC(=O)OC1=CC=COC1. The molecule has 0 unspecified atom stereocenters. The molecule has 0 saturated carbocycles. The Morgan fingerprint density at radius 1 is 1.80 bits per heavy atom. The molecule has 3 heteroatoms. The predicted octanol–water partition coefficient (Wildman–Crippen LogP) is 0.977. The van der Waals surface area contributed by atoms with E-state index >= 15 is 0 Å². The molecule has 1 heterocycles. The highest BCUT2D eigenvalue weighted by molar-refractivity contribution is 5.67. The summed E-state index contributed by atoms with van der Waals surface area (Å²) in [7, 11) is 0. The topological polar surface area (TPSA) is 35.5 Å². The number of carbonyl (C=O) groups excluding carboxylic acids is 1. The molecule has 0 bridgehead atoms. The van der Waals surface area contributed by atoms with E-state index in [1.165, 1.54) is 6.92 Å². The molecule has 1 aliphatic rings. The fourth-order valence-corrected chi connectivity index (χ4v) is 0.629. The van der Waals surface area contributed by atoms with Crippen molar-refractivity contribution in [3.63, 3.8) is 0 Å². The van der Waals surface area contributed by atoms with Crippen LogP contribution in [0.5, 0.6) is 0 Å². The normalized spacial score (nSPS) is 15.5. The van der Waals surface area contributed by atoms with Gasteiger partial charge in [-0.25, -0.2) is 0 Å². The van der Waals surface area contributed by atoms with Crippen LogP contribution in [-0.4, -0.2) is 12.6 Å². The van der Waals surface area contributed by atoms with Crippen molar-refractivity contribution in [2.75, 3.05) is 6.61 Å². The Kier molecular flexibility index (Phi) is 2.10. The molecule has 0 fully saturated rings. The van der Waals surface area contributed by atoms with Crippen LogP contribution in [0.15, 0.2) is 24.2 Å². The zero-order valence-corrected chi connectivity index (χ0v) is 5.66. The van der Waals surface area contributed by atoms with Crippen molar-refractivity contribution in [1.29, 1.82) is 0 Å². The molecule has 0 saturated heterocycles. The molecule has 3 nitrogen and oxygen atoms in total. The maximum atomic E-state index is 10.4. The van der Waals surface area contributed by atoms with E-state index in [9.17, 15) is 4.79 Å². The number of rotatable bonds is 1. The zero-order chi connectivity index (χ0) is 7.40. The van der Waals surface area contributed by atoms with E-state index in [1.54, 1.807) is 18.4 Å². The Hall–Kier alpha value is -1.25. The lowest BCUT2D eigenvalue weighted by Crippen LogP contribution is -2.05. The van der Waals surface area contributed by atoms with E-state index in [-0.39, 0.29) is 5.97 Å².